The minimum Gasteiger partial charge on any atom is -0.352 e. The molecule has 0 saturated carbocycles. The lowest BCUT2D eigenvalue weighted by Crippen LogP contribution is -2.52. The van der Waals surface area contributed by atoms with Gasteiger partial charge >= 0.3 is 6.18 Å². The van der Waals surface area contributed by atoms with Crippen molar-refractivity contribution in [3.63, 3.8) is 0 Å². The van der Waals surface area contributed by atoms with Crippen LogP contribution in [0.3, 0.4) is 0 Å². The molecule has 0 heterocycles. The molecule has 12 heteroatoms. The van der Waals surface area contributed by atoms with Crippen LogP contribution >= 0.6 is 15.9 Å². The van der Waals surface area contributed by atoms with Crippen molar-refractivity contribution in [3.05, 3.63) is 94.0 Å². The largest absolute Gasteiger partial charge is 0.416 e. The highest BCUT2D eigenvalue weighted by Crippen LogP contribution is 2.33. The summed E-state index contributed by atoms with van der Waals surface area (Å²) in [7, 11) is -4.50. The van der Waals surface area contributed by atoms with Gasteiger partial charge in [-0.2, -0.15) is 13.2 Å². The van der Waals surface area contributed by atoms with Crippen molar-refractivity contribution in [3.8, 4) is 0 Å². The molecule has 42 heavy (non-hydrogen) atoms. The third kappa shape index (κ3) is 8.34. The molecule has 0 aliphatic carbocycles. The number of carbonyl (C=O) groups excluding carboxylic acids is 2. The Labute approximate surface area is 252 Å². The summed E-state index contributed by atoms with van der Waals surface area (Å²) in [5.41, 5.74) is 0.0339. The smallest absolute Gasteiger partial charge is 0.352 e. The SMILES string of the molecule is CCC(C)NC(=O)C(C)N(Cc1cccc(Br)c1)C(=O)CN(c1cccc(C(F)(F)F)c1)S(=O)(=O)c1ccc(C)cc1. The van der Waals surface area contributed by atoms with Gasteiger partial charge in [0.1, 0.15) is 12.6 Å². The molecule has 0 aromatic heterocycles. The summed E-state index contributed by atoms with van der Waals surface area (Å²) in [6.45, 7) is 6.10. The first kappa shape index (κ1) is 33.1. The standard InChI is InChI=1S/C30H33BrF3N3O4S/c1-5-21(3)35-29(39)22(4)36(18-23-8-6-10-25(31)16-23)28(38)19-37(26-11-7-9-24(17-26)30(32,33)34)42(40,41)27-14-12-20(2)13-15-27/h6-17,21-22H,5,18-19H2,1-4H3,(H,35,39). The lowest BCUT2D eigenvalue weighted by molar-refractivity contribution is -0.139. The number of nitrogens with zero attached hydrogens (tertiary/aromatic N) is 2. The van der Waals surface area contributed by atoms with Crippen LogP contribution in [-0.2, 0) is 32.3 Å². The monoisotopic (exact) mass is 667 g/mol. The van der Waals surface area contributed by atoms with E-state index < -0.39 is 46.2 Å². The quantitative estimate of drug-likeness (QED) is 0.260. The van der Waals surface area contributed by atoms with Gasteiger partial charge in [0.2, 0.25) is 11.8 Å². The number of nitrogens with one attached hydrogen (secondary N) is 1. The van der Waals surface area contributed by atoms with Crippen molar-refractivity contribution in [2.24, 2.45) is 0 Å². The zero-order valence-corrected chi connectivity index (χ0v) is 26.1. The number of amides is 2. The third-order valence-corrected chi connectivity index (χ3v) is 9.04. The molecular weight excluding hydrogens is 635 g/mol. The van der Waals surface area contributed by atoms with Gasteiger partial charge in [0, 0.05) is 17.1 Å². The molecule has 0 saturated heterocycles. The second kappa shape index (κ2) is 13.7. The summed E-state index contributed by atoms with van der Waals surface area (Å²) in [5, 5.41) is 2.83. The molecular formula is C30H33BrF3N3O4S. The minimum atomic E-state index is -4.74. The highest BCUT2D eigenvalue weighted by atomic mass is 79.9. The maximum absolute atomic E-state index is 13.9. The van der Waals surface area contributed by atoms with Gasteiger partial charge in [-0.05, 0) is 75.2 Å². The predicted molar refractivity (Wildman–Crippen MR) is 159 cm³/mol. The zero-order valence-electron chi connectivity index (χ0n) is 23.7. The molecule has 1 N–H and O–H groups in total. The van der Waals surface area contributed by atoms with E-state index in [0.29, 0.717) is 22.4 Å². The van der Waals surface area contributed by atoms with Crippen LogP contribution in [0.25, 0.3) is 0 Å². The molecule has 2 atom stereocenters. The molecule has 3 aromatic rings. The van der Waals surface area contributed by atoms with Crippen LogP contribution in [0.5, 0.6) is 0 Å². The van der Waals surface area contributed by atoms with Crippen LogP contribution in [-0.4, -0.2) is 43.8 Å². The minimum absolute atomic E-state index is 0.0472. The first-order valence-electron chi connectivity index (χ1n) is 13.2. The number of hydrogen-bond acceptors (Lipinski definition) is 4. The number of carbonyl (C=O) groups is 2. The van der Waals surface area contributed by atoms with E-state index in [1.54, 1.807) is 43.3 Å². The molecule has 7 nitrogen and oxygen atoms in total. The zero-order chi connectivity index (χ0) is 31.2. The summed E-state index contributed by atoms with van der Waals surface area (Å²) < 4.78 is 69.9. The van der Waals surface area contributed by atoms with E-state index in [2.05, 4.69) is 21.2 Å². The van der Waals surface area contributed by atoms with Crippen LogP contribution in [0.1, 0.15) is 43.9 Å². The van der Waals surface area contributed by atoms with E-state index in [-0.39, 0.29) is 23.2 Å². The van der Waals surface area contributed by atoms with Gasteiger partial charge < -0.3 is 10.2 Å². The molecule has 226 valence electrons. The molecule has 2 unspecified atom stereocenters. The fraction of sp³-hybridized carbons (Fsp3) is 0.333. The summed E-state index contributed by atoms with van der Waals surface area (Å²) in [4.78, 5) is 28.1. The third-order valence-electron chi connectivity index (χ3n) is 6.76. The normalized spacial score (nSPS) is 13.2. The fourth-order valence-electron chi connectivity index (χ4n) is 4.08. The maximum atomic E-state index is 13.9. The Kier molecular flexibility index (Phi) is 10.8. The topological polar surface area (TPSA) is 86.8 Å². The van der Waals surface area contributed by atoms with Gasteiger partial charge in [-0.25, -0.2) is 8.42 Å². The molecule has 3 aromatic carbocycles. The van der Waals surface area contributed by atoms with E-state index in [9.17, 15) is 31.2 Å². The number of hydrogen-bond donors (Lipinski definition) is 1. The summed E-state index contributed by atoms with van der Waals surface area (Å²) >= 11 is 3.39. The molecule has 0 aliphatic heterocycles. The van der Waals surface area contributed by atoms with E-state index in [4.69, 9.17) is 0 Å². The van der Waals surface area contributed by atoms with Crippen LogP contribution < -0.4 is 9.62 Å². The molecule has 3 rings (SSSR count). The van der Waals surface area contributed by atoms with E-state index in [1.807, 2.05) is 13.8 Å². The van der Waals surface area contributed by atoms with Crippen LogP contribution in [0.2, 0.25) is 0 Å². The van der Waals surface area contributed by atoms with E-state index in [1.165, 1.54) is 30.0 Å². The number of aryl methyl sites for hydroxylation is 1. The van der Waals surface area contributed by atoms with Crippen molar-refractivity contribution in [1.29, 1.82) is 0 Å². The lowest BCUT2D eigenvalue weighted by atomic mass is 10.1. The molecule has 0 radical (unpaired) electrons. The summed E-state index contributed by atoms with van der Waals surface area (Å²) in [6, 6.07) is 15.4. The van der Waals surface area contributed by atoms with Gasteiger partial charge in [-0.1, -0.05) is 58.7 Å². The Morgan fingerprint density at radius 2 is 1.62 bits per heavy atom. The molecule has 0 fully saturated rings. The Balaban J connectivity index is 2.09. The summed E-state index contributed by atoms with van der Waals surface area (Å²) in [5.74, 6) is -1.21. The van der Waals surface area contributed by atoms with Crippen molar-refractivity contribution in [2.45, 2.75) is 63.8 Å². The van der Waals surface area contributed by atoms with Gasteiger partial charge in [-0.3, -0.25) is 13.9 Å². The van der Waals surface area contributed by atoms with Gasteiger partial charge in [-0.15, -0.1) is 0 Å². The van der Waals surface area contributed by atoms with Crippen LogP contribution in [0.4, 0.5) is 18.9 Å². The molecule has 0 aliphatic rings. The number of benzene rings is 3. The predicted octanol–water partition coefficient (Wildman–Crippen LogP) is 6.30. The number of anilines is 1. The Morgan fingerprint density at radius 1 is 0.976 bits per heavy atom. The Bertz CT molecular complexity index is 1510. The van der Waals surface area contributed by atoms with E-state index >= 15 is 0 Å². The van der Waals surface area contributed by atoms with Crippen molar-refractivity contribution < 1.29 is 31.2 Å². The van der Waals surface area contributed by atoms with Gasteiger partial charge in [0.25, 0.3) is 10.0 Å². The van der Waals surface area contributed by atoms with Crippen LogP contribution in [0, 0.1) is 6.92 Å². The molecule has 0 spiro atoms. The van der Waals surface area contributed by atoms with Crippen LogP contribution in [0.15, 0.2) is 82.2 Å². The number of alkyl halides is 3. The number of sulfonamides is 1. The van der Waals surface area contributed by atoms with Crippen molar-refractivity contribution in [1.82, 2.24) is 10.2 Å². The lowest BCUT2D eigenvalue weighted by Gasteiger charge is -2.32. The second-order valence-corrected chi connectivity index (χ2v) is 12.8. The highest BCUT2D eigenvalue weighted by molar-refractivity contribution is 9.10. The molecule has 2 amide bonds. The molecule has 0 bridgehead atoms. The number of rotatable bonds is 11. The second-order valence-electron chi connectivity index (χ2n) is 10.0. The van der Waals surface area contributed by atoms with E-state index in [0.717, 1.165) is 22.2 Å². The first-order valence-corrected chi connectivity index (χ1v) is 15.5. The van der Waals surface area contributed by atoms with Crippen molar-refractivity contribution in [2.75, 3.05) is 10.8 Å². The first-order chi connectivity index (χ1) is 19.6. The number of halogens is 4. The maximum Gasteiger partial charge on any atom is 0.416 e. The highest BCUT2D eigenvalue weighted by Gasteiger charge is 2.35. The Morgan fingerprint density at radius 3 is 2.21 bits per heavy atom. The fourth-order valence-corrected chi connectivity index (χ4v) is 5.94. The van der Waals surface area contributed by atoms with Gasteiger partial charge in [0.05, 0.1) is 16.1 Å². The average Bonchev–Trinajstić information content (AvgIpc) is 2.93. The average molecular weight is 669 g/mol. The summed E-state index contributed by atoms with van der Waals surface area (Å²) in [6.07, 6.45) is -4.09. The van der Waals surface area contributed by atoms with Crippen molar-refractivity contribution >= 4 is 43.5 Å². The van der Waals surface area contributed by atoms with Gasteiger partial charge in [0.15, 0.2) is 0 Å². The Hall–Kier alpha value is -3.38.